The van der Waals surface area contributed by atoms with Crippen LogP contribution in [-0.2, 0) is 16.6 Å². The number of pyridine rings is 1. The molecule has 0 aliphatic carbocycles. The van der Waals surface area contributed by atoms with E-state index in [0.717, 1.165) is 4.31 Å². The van der Waals surface area contributed by atoms with Crippen LogP contribution in [0.2, 0.25) is 5.15 Å². The quantitative estimate of drug-likeness (QED) is 0.782. The van der Waals surface area contributed by atoms with Gasteiger partial charge in [-0.1, -0.05) is 11.6 Å². The van der Waals surface area contributed by atoms with Crippen molar-refractivity contribution in [3.63, 3.8) is 0 Å². The van der Waals surface area contributed by atoms with Crippen molar-refractivity contribution in [1.29, 1.82) is 0 Å². The lowest BCUT2D eigenvalue weighted by Gasteiger charge is -2.16. The molecular formula is C11H10BrClN2O3S. The molecule has 2 heterocycles. The molecule has 8 heteroatoms. The zero-order chi connectivity index (χ0) is 14.0. The molecule has 0 radical (unpaired) electrons. The number of furan rings is 1. The van der Waals surface area contributed by atoms with Crippen LogP contribution in [-0.4, -0.2) is 24.8 Å². The summed E-state index contributed by atoms with van der Waals surface area (Å²) < 4.78 is 31.6. The molecule has 0 unspecified atom stereocenters. The number of rotatable bonds is 4. The van der Waals surface area contributed by atoms with E-state index in [0.29, 0.717) is 10.2 Å². The summed E-state index contributed by atoms with van der Waals surface area (Å²) in [4.78, 5) is 3.77. The first-order chi connectivity index (χ1) is 8.91. The smallest absolute Gasteiger partial charge is 0.246 e. The zero-order valence-electron chi connectivity index (χ0n) is 9.88. The van der Waals surface area contributed by atoms with E-state index < -0.39 is 10.0 Å². The molecule has 0 N–H and O–H groups in total. The molecule has 2 aromatic rings. The summed E-state index contributed by atoms with van der Waals surface area (Å²) in [7, 11) is -2.27. The summed E-state index contributed by atoms with van der Waals surface area (Å²) in [5.41, 5.74) is 0. The summed E-state index contributed by atoms with van der Waals surface area (Å²) in [5, 5.41) is -0.0607. The molecule has 0 amide bonds. The summed E-state index contributed by atoms with van der Waals surface area (Å²) in [6.45, 7) is 0.123. The van der Waals surface area contributed by atoms with Crippen LogP contribution in [0.25, 0.3) is 0 Å². The van der Waals surface area contributed by atoms with E-state index in [1.807, 2.05) is 0 Å². The highest BCUT2D eigenvalue weighted by atomic mass is 79.9. The third-order valence-corrected chi connectivity index (χ3v) is 5.08. The second-order valence-electron chi connectivity index (χ2n) is 3.78. The van der Waals surface area contributed by atoms with Gasteiger partial charge in [-0.25, -0.2) is 13.4 Å². The van der Waals surface area contributed by atoms with Crippen molar-refractivity contribution in [1.82, 2.24) is 9.29 Å². The highest BCUT2D eigenvalue weighted by Crippen LogP contribution is 2.26. The average Bonchev–Trinajstić information content (AvgIpc) is 2.85. The molecule has 0 aliphatic rings. The molecular weight excluding hydrogens is 356 g/mol. The number of nitrogens with zero attached hydrogens (tertiary/aromatic N) is 2. The van der Waals surface area contributed by atoms with Gasteiger partial charge >= 0.3 is 0 Å². The molecule has 0 bridgehead atoms. The molecule has 19 heavy (non-hydrogen) atoms. The van der Waals surface area contributed by atoms with Crippen molar-refractivity contribution >= 4 is 37.6 Å². The molecule has 0 spiro atoms. The fourth-order valence-electron chi connectivity index (χ4n) is 1.46. The fraction of sp³-hybridized carbons (Fsp3) is 0.182. The van der Waals surface area contributed by atoms with E-state index >= 15 is 0 Å². The van der Waals surface area contributed by atoms with Crippen molar-refractivity contribution in [2.75, 3.05) is 7.05 Å². The minimum Gasteiger partial charge on any atom is -0.468 e. The Morgan fingerprint density at radius 3 is 2.89 bits per heavy atom. The molecule has 102 valence electrons. The summed E-state index contributed by atoms with van der Waals surface area (Å²) in [6, 6.07) is 4.82. The van der Waals surface area contributed by atoms with E-state index in [2.05, 4.69) is 20.9 Å². The fourth-order valence-corrected chi connectivity index (χ4v) is 3.51. The lowest BCUT2D eigenvalue weighted by Crippen LogP contribution is -2.26. The summed E-state index contributed by atoms with van der Waals surface area (Å²) >= 11 is 9.02. The second kappa shape index (κ2) is 5.62. The Bertz CT molecular complexity index is 673. The van der Waals surface area contributed by atoms with Crippen LogP contribution in [0.15, 0.2) is 44.4 Å². The molecule has 0 fully saturated rings. The topological polar surface area (TPSA) is 63.4 Å². The average molecular weight is 366 g/mol. The Morgan fingerprint density at radius 2 is 2.26 bits per heavy atom. The molecule has 0 atom stereocenters. The molecule has 0 aliphatic heterocycles. The van der Waals surface area contributed by atoms with E-state index in [9.17, 15) is 8.42 Å². The minimum atomic E-state index is -3.72. The van der Waals surface area contributed by atoms with Crippen molar-refractivity contribution in [3.8, 4) is 0 Å². The van der Waals surface area contributed by atoms with Crippen LogP contribution in [0.4, 0.5) is 0 Å². The second-order valence-corrected chi connectivity index (χ2v) is 7.07. The van der Waals surface area contributed by atoms with Crippen molar-refractivity contribution in [3.05, 3.63) is 46.0 Å². The van der Waals surface area contributed by atoms with E-state index in [-0.39, 0.29) is 16.6 Å². The maximum Gasteiger partial charge on any atom is 0.246 e. The lowest BCUT2D eigenvalue weighted by atomic mass is 10.4. The van der Waals surface area contributed by atoms with E-state index in [1.165, 1.54) is 25.6 Å². The monoisotopic (exact) mass is 364 g/mol. The van der Waals surface area contributed by atoms with Crippen LogP contribution in [0.3, 0.4) is 0 Å². The van der Waals surface area contributed by atoms with Crippen molar-refractivity contribution in [2.45, 2.75) is 11.4 Å². The van der Waals surface area contributed by atoms with Crippen LogP contribution in [0.1, 0.15) is 5.76 Å². The van der Waals surface area contributed by atoms with Crippen LogP contribution in [0, 0.1) is 0 Å². The first kappa shape index (κ1) is 14.5. The van der Waals surface area contributed by atoms with Gasteiger partial charge < -0.3 is 4.42 Å². The highest BCUT2D eigenvalue weighted by molar-refractivity contribution is 9.10. The Balaban J connectivity index is 2.33. The summed E-state index contributed by atoms with van der Waals surface area (Å²) in [6.07, 6.45) is 2.93. The van der Waals surface area contributed by atoms with E-state index in [1.54, 1.807) is 12.1 Å². The predicted molar refractivity (Wildman–Crippen MR) is 74.3 cm³/mol. The third-order valence-electron chi connectivity index (χ3n) is 2.42. The summed E-state index contributed by atoms with van der Waals surface area (Å²) in [5.74, 6) is 0.546. The Hall–Kier alpha value is -0.890. The van der Waals surface area contributed by atoms with Crippen LogP contribution < -0.4 is 0 Å². The zero-order valence-corrected chi connectivity index (χ0v) is 13.0. The Labute approximate surface area is 124 Å². The SMILES string of the molecule is CN(Cc1ccco1)S(=O)(=O)c1cc(Br)cnc1Cl. The van der Waals surface area contributed by atoms with Crippen LogP contribution in [0.5, 0.6) is 0 Å². The highest BCUT2D eigenvalue weighted by Gasteiger charge is 2.25. The Kier molecular flexibility index (Phi) is 4.29. The normalized spacial score (nSPS) is 12.0. The molecule has 2 aromatic heterocycles. The largest absolute Gasteiger partial charge is 0.468 e. The van der Waals surface area contributed by atoms with Crippen molar-refractivity contribution in [2.24, 2.45) is 0 Å². The lowest BCUT2D eigenvalue weighted by molar-refractivity contribution is 0.406. The van der Waals surface area contributed by atoms with Gasteiger partial charge in [-0.05, 0) is 34.1 Å². The number of halogens is 2. The number of hydrogen-bond acceptors (Lipinski definition) is 4. The van der Waals surface area contributed by atoms with Gasteiger partial charge in [0.2, 0.25) is 10.0 Å². The third kappa shape index (κ3) is 3.17. The first-order valence-electron chi connectivity index (χ1n) is 5.21. The molecule has 2 rings (SSSR count). The Morgan fingerprint density at radius 1 is 1.53 bits per heavy atom. The number of aromatic nitrogens is 1. The van der Waals surface area contributed by atoms with Gasteiger partial charge in [0.05, 0.1) is 12.8 Å². The predicted octanol–water partition coefficient (Wildman–Crippen LogP) is 2.91. The first-order valence-corrected chi connectivity index (χ1v) is 7.82. The van der Waals surface area contributed by atoms with Gasteiger partial charge in [0.1, 0.15) is 15.8 Å². The molecule has 0 saturated carbocycles. The molecule has 5 nitrogen and oxygen atoms in total. The number of sulfonamides is 1. The number of hydrogen-bond donors (Lipinski definition) is 0. The van der Waals surface area contributed by atoms with Gasteiger partial charge in [0.15, 0.2) is 0 Å². The maximum absolute atomic E-state index is 12.4. The van der Waals surface area contributed by atoms with Gasteiger partial charge in [-0.15, -0.1) is 0 Å². The molecule has 0 aromatic carbocycles. The van der Waals surface area contributed by atoms with Crippen LogP contribution >= 0.6 is 27.5 Å². The van der Waals surface area contributed by atoms with Crippen molar-refractivity contribution < 1.29 is 12.8 Å². The minimum absolute atomic E-state index is 0.0439. The van der Waals surface area contributed by atoms with Gasteiger partial charge in [0, 0.05) is 17.7 Å². The standard InChI is InChI=1S/C11H10BrClN2O3S/c1-15(7-9-3-2-4-18-9)19(16,17)10-5-8(12)6-14-11(10)13/h2-6H,7H2,1H3. The maximum atomic E-state index is 12.4. The van der Waals surface area contributed by atoms with Gasteiger partial charge in [0.25, 0.3) is 0 Å². The van der Waals surface area contributed by atoms with E-state index in [4.69, 9.17) is 16.0 Å². The van der Waals surface area contributed by atoms with Gasteiger partial charge in [-0.2, -0.15) is 4.31 Å². The van der Waals surface area contributed by atoms with Gasteiger partial charge in [-0.3, -0.25) is 0 Å². The molecule has 0 saturated heterocycles.